The van der Waals surface area contributed by atoms with Crippen molar-refractivity contribution < 1.29 is 9.72 Å². The molecule has 21 heavy (non-hydrogen) atoms. The molecule has 2 atom stereocenters. The lowest BCUT2D eigenvalue weighted by atomic mass is 10.0. The number of hydrogen-bond donors (Lipinski definition) is 1. The van der Waals surface area contributed by atoms with Crippen LogP contribution in [0.5, 0.6) is 0 Å². The van der Waals surface area contributed by atoms with Gasteiger partial charge in [-0.05, 0) is 25.3 Å². The highest BCUT2D eigenvalue weighted by Gasteiger charge is 2.36. The van der Waals surface area contributed by atoms with Crippen LogP contribution in [0.4, 0.5) is 5.69 Å². The van der Waals surface area contributed by atoms with Crippen LogP contribution in [0, 0.1) is 23.0 Å². The zero-order valence-corrected chi connectivity index (χ0v) is 12.8. The van der Waals surface area contributed by atoms with Gasteiger partial charge in [-0.15, -0.1) is 0 Å². The van der Waals surface area contributed by atoms with Gasteiger partial charge in [0.15, 0.2) is 0 Å². The van der Waals surface area contributed by atoms with Crippen LogP contribution < -0.4 is 5.32 Å². The first kappa shape index (κ1) is 15.4. The molecule has 1 fully saturated rings. The van der Waals surface area contributed by atoms with Crippen LogP contribution in [0.3, 0.4) is 0 Å². The van der Waals surface area contributed by atoms with E-state index in [4.69, 9.17) is 0 Å². The summed E-state index contributed by atoms with van der Waals surface area (Å²) in [5.41, 5.74) is 1.47. The molecule has 0 bridgehead atoms. The smallest absolute Gasteiger partial charge is 0.272 e. The van der Waals surface area contributed by atoms with Gasteiger partial charge in [-0.1, -0.05) is 26.0 Å². The van der Waals surface area contributed by atoms with Crippen molar-refractivity contribution in [3.8, 4) is 0 Å². The fourth-order valence-corrected chi connectivity index (χ4v) is 2.57. The van der Waals surface area contributed by atoms with Gasteiger partial charge >= 0.3 is 0 Å². The highest BCUT2D eigenvalue weighted by Crippen LogP contribution is 2.30. The van der Waals surface area contributed by atoms with E-state index in [2.05, 4.69) is 19.2 Å². The highest BCUT2D eigenvalue weighted by atomic mass is 16.6. The van der Waals surface area contributed by atoms with Crippen molar-refractivity contribution in [1.29, 1.82) is 0 Å². The van der Waals surface area contributed by atoms with E-state index in [1.807, 2.05) is 13.0 Å². The minimum atomic E-state index is -0.383. The summed E-state index contributed by atoms with van der Waals surface area (Å²) in [5.74, 6) is 0.348. The molecular weight excluding hydrogens is 270 g/mol. The summed E-state index contributed by atoms with van der Waals surface area (Å²) >= 11 is 0. The monoisotopic (exact) mass is 291 g/mol. The van der Waals surface area contributed by atoms with Crippen LogP contribution in [0.2, 0.25) is 0 Å². The largest absolute Gasteiger partial charge is 0.319 e. The summed E-state index contributed by atoms with van der Waals surface area (Å²) < 4.78 is 0. The molecule has 6 heteroatoms. The third-order valence-electron chi connectivity index (χ3n) is 4.16. The molecule has 0 aromatic heterocycles. The molecule has 1 N–H and O–H groups in total. The summed E-state index contributed by atoms with van der Waals surface area (Å²) in [5, 5.41) is 14.2. The predicted octanol–water partition coefficient (Wildman–Crippen LogP) is 2.38. The SMILES string of the molecule is Cc1ccc(C2NCC(=O)N2C(C)C(C)C)cc1[N+](=O)[O-]. The highest BCUT2D eigenvalue weighted by molar-refractivity contribution is 5.81. The summed E-state index contributed by atoms with van der Waals surface area (Å²) in [4.78, 5) is 24.6. The number of benzene rings is 1. The number of carbonyl (C=O) groups excluding carboxylic acids is 1. The molecule has 1 aromatic carbocycles. The fourth-order valence-electron chi connectivity index (χ4n) is 2.57. The summed E-state index contributed by atoms with van der Waals surface area (Å²) in [7, 11) is 0. The Hall–Kier alpha value is -1.95. The second-order valence-corrected chi connectivity index (χ2v) is 5.87. The number of aryl methyl sites for hydroxylation is 1. The Kier molecular flexibility index (Phi) is 4.27. The Morgan fingerprint density at radius 3 is 2.62 bits per heavy atom. The van der Waals surface area contributed by atoms with Crippen LogP contribution in [0.25, 0.3) is 0 Å². The maximum Gasteiger partial charge on any atom is 0.272 e. The van der Waals surface area contributed by atoms with Gasteiger partial charge in [0.1, 0.15) is 6.17 Å². The van der Waals surface area contributed by atoms with Crippen LogP contribution >= 0.6 is 0 Å². The third kappa shape index (κ3) is 2.90. The van der Waals surface area contributed by atoms with E-state index < -0.39 is 0 Å². The van der Waals surface area contributed by atoms with E-state index in [-0.39, 0.29) is 35.3 Å². The lowest BCUT2D eigenvalue weighted by Crippen LogP contribution is -2.40. The molecule has 1 heterocycles. The van der Waals surface area contributed by atoms with Gasteiger partial charge in [-0.3, -0.25) is 20.2 Å². The zero-order valence-electron chi connectivity index (χ0n) is 12.8. The van der Waals surface area contributed by atoms with Gasteiger partial charge < -0.3 is 4.90 Å². The maximum atomic E-state index is 12.1. The van der Waals surface area contributed by atoms with Crippen molar-refractivity contribution in [2.75, 3.05) is 6.54 Å². The normalized spacial score (nSPS) is 20.1. The van der Waals surface area contributed by atoms with Gasteiger partial charge in [0.05, 0.1) is 11.5 Å². The molecule has 2 unspecified atom stereocenters. The molecule has 1 amide bonds. The van der Waals surface area contributed by atoms with E-state index in [0.717, 1.165) is 5.56 Å². The number of rotatable bonds is 4. The Bertz CT molecular complexity index is 571. The maximum absolute atomic E-state index is 12.1. The van der Waals surface area contributed by atoms with E-state index in [9.17, 15) is 14.9 Å². The minimum Gasteiger partial charge on any atom is -0.319 e. The Morgan fingerprint density at radius 1 is 1.38 bits per heavy atom. The van der Waals surface area contributed by atoms with Crippen molar-refractivity contribution >= 4 is 11.6 Å². The van der Waals surface area contributed by atoms with Crippen LogP contribution in [-0.2, 0) is 4.79 Å². The van der Waals surface area contributed by atoms with Gasteiger partial charge in [0.2, 0.25) is 5.91 Å². The molecule has 1 aromatic rings. The molecule has 0 radical (unpaired) electrons. The number of amides is 1. The summed E-state index contributed by atoms with van der Waals surface area (Å²) in [6, 6.07) is 5.21. The second-order valence-electron chi connectivity index (χ2n) is 5.87. The van der Waals surface area contributed by atoms with Crippen molar-refractivity contribution in [3.63, 3.8) is 0 Å². The Labute approximate surface area is 124 Å². The average molecular weight is 291 g/mol. The molecule has 1 aliphatic heterocycles. The van der Waals surface area contributed by atoms with Gasteiger partial charge in [-0.25, -0.2) is 0 Å². The molecule has 0 spiro atoms. The number of hydrogen-bond acceptors (Lipinski definition) is 4. The van der Waals surface area contributed by atoms with Crippen molar-refractivity contribution in [2.24, 2.45) is 5.92 Å². The van der Waals surface area contributed by atoms with Crippen LogP contribution in [-0.4, -0.2) is 28.3 Å². The van der Waals surface area contributed by atoms with Crippen molar-refractivity contribution in [2.45, 2.75) is 39.9 Å². The lowest BCUT2D eigenvalue weighted by molar-refractivity contribution is -0.385. The fraction of sp³-hybridized carbons (Fsp3) is 0.533. The first-order chi connectivity index (χ1) is 9.82. The molecule has 114 valence electrons. The number of carbonyl (C=O) groups is 1. The van der Waals surface area contributed by atoms with Crippen molar-refractivity contribution in [1.82, 2.24) is 10.2 Å². The molecule has 0 saturated carbocycles. The Balaban J connectivity index is 2.38. The minimum absolute atomic E-state index is 0.0319. The molecule has 1 saturated heterocycles. The molecular formula is C15H21N3O3. The molecule has 0 aliphatic carbocycles. The zero-order chi connectivity index (χ0) is 15.7. The van der Waals surface area contributed by atoms with E-state index >= 15 is 0 Å². The van der Waals surface area contributed by atoms with Crippen LogP contribution in [0.1, 0.15) is 38.1 Å². The van der Waals surface area contributed by atoms with Gasteiger partial charge in [0, 0.05) is 17.7 Å². The van der Waals surface area contributed by atoms with Gasteiger partial charge in [0.25, 0.3) is 5.69 Å². The lowest BCUT2D eigenvalue weighted by Gasteiger charge is -2.33. The molecule has 6 nitrogen and oxygen atoms in total. The van der Waals surface area contributed by atoms with E-state index in [0.29, 0.717) is 11.5 Å². The third-order valence-corrected chi connectivity index (χ3v) is 4.16. The van der Waals surface area contributed by atoms with E-state index in [1.54, 1.807) is 24.0 Å². The number of nitro benzene ring substituents is 1. The summed E-state index contributed by atoms with van der Waals surface area (Å²) in [6.45, 7) is 8.11. The van der Waals surface area contributed by atoms with Gasteiger partial charge in [-0.2, -0.15) is 0 Å². The quantitative estimate of drug-likeness (QED) is 0.682. The molecule has 2 rings (SSSR count). The standard InChI is InChI=1S/C15H21N3O3/c1-9(2)11(4)17-14(19)8-16-15(17)12-6-5-10(3)13(7-12)18(20)21/h5-7,9,11,15-16H,8H2,1-4H3. The first-order valence-corrected chi connectivity index (χ1v) is 7.12. The number of nitro groups is 1. The predicted molar refractivity (Wildman–Crippen MR) is 79.7 cm³/mol. The Morgan fingerprint density at radius 2 is 2.05 bits per heavy atom. The van der Waals surface area contributed by atoms with E-state index in [1.165, 1.54) is 0 Å². The summed E-state index contributed by atoms with van der Waals surface area (Å²) in [6.07, 6.45) is -0.297. The average Bonchev–Trinajstić information content (AvgIpc) is 2.79. The van der Waals surface area contributed by atoms with Crippen molar-refractivity contribution in [3.05, 3.63) is 39.4 Å². The van der Waals surface area contributed by atoms with Crippen LogP contribution in [0.15, 0.2) is 18.2 Å². The number of nitrogens with one attached hydrogen (secondary N) is 1. The second kappa shape index (κ2) is 5.81. The number of nitrogens with zero attached hydrogens (tertiary/aromatic N) is 2. The molecule has 1 aliphatic rings. The topological polar surface area (TPSA) is 75.5 Å². The first-order valence-electron chi connectivity index (χ1n) is 7.12.